The Morgan fingerprint density at radius 3 is 3.00 bits per heavy atom. The molecule has 0 spiro atoms. The molecule has 0 saturated carbocycles. The molecule has 0 amide bonds. The summed E-state index contributed by atoms with van der Waals surface area (Å²) in [7, 11) is -3.45. The van der Waals surface area contributed by atoms with Crippen LogP contribution in [0.1, 0.15) is 31.7 Å². The number of piperidine rings is 1. The van der Waals surface area contributed by atoms with Gasteiger partial charge in [-0.25, -0.2) is 0 Å². The standard InChI is InChI=1S/C15H23N3O2S/c1-12-5-4-10-18(11-12)21(19,20)17-15-8-2-7-14-13(15)6-3-9-16-14/h2,7-8,12,16-17H,3-6,9-11H2,1H3. The minimum absolute atomic E-state index is 0.432. The summed E-state index contributed by atoms with van der Waals surface area (Å²) >= 11 is 0. The lowest BCUT2D eigenvalue weighted by molar-refractivity contribution is 0.282. The average molecular weight is 309 g/mol. The van der Waals surface area contributed by atoms with Crippen molar-refractivity contribution >= 4 is 21.6 Å². The third-order valence-corrected chi connectivity index (χ3v) is 5.78. The summed E-state index contributed by atoms with van der Waals surface area (Å²) in [6.07, 6.45) is 4.00. The van der Waals surface area contributed by atoms with E-state index in [-0.39, 0.29) is 0 Å². The first-order valence-electron chi connectivity index (χ1n) is 7.70. The lowest BCUT2D eigenvalue weighted by Crippen LogP contribution is -2.42. The topological polar surface area (TPSA) is 61.4 Å². The third kappa shape index (κ3) is 3.16. The summed E-state index contributed by atoms with van der Waals surface area (Å²) in [5.41, 5.74) is 2.85. The lowest BCUT2D eigenvalue weighted by Gasteiger charge is -2.31. The van der Waals surface area contributed by atoms with Gasteiger partial charge in [-0.05, 0) is 49.3 Å². The second kappa shape index (κ2) is 5.85. The van der Waals surface area contributed by atoms with Crippen molar-refractivity contribution in [1.82, 2.24) is 4.31 Å². The lowest BCUT2D eigenvalue weighted by atomic mass is 10.0. The molecule has 2 heterocycles. The van der Waals surface area contributed by atoms with E-state index in [1.807, 2.05) is 18.2 Å². The fraction of sp³-hybridized carbons (Fsp3) is 0.600. The van der Waals surface area contributed by atoms with E-state index in [4.69, 9.17) is 0 Å². The van der Waals surface area contributed by atoms with Gasteiger partial charge in [0.05, 0.1) is 5.69 Å². The van der Waals surface area contributed by atoms with Crippen molar-refractivity contribution in [3.8, 4) is 0 Å². The van der Waals surface area contributed by atoms with Gasteiger partial charge in [-0.15, -0.1) is 0 Å². The number of anilines is 2. The van der Waals surface area contributed by atoms with Crippen molar-refractivity contribution in [3.05, 3.63) is 23.8 Å². The molecule has 1 fully saturated rings. The Balaban J connectivity index is 1.82. The maximum Gasteiger partial charge on any atom is 0.301 e. The second-order valence-electron chi connectivity index (χ2n) is 6.07. The highest BCUT2D eigenvalue weighted by atomic mass is 32.2. The molecular formula is C15H23N3O2S. The Hall–Kier alpha value is -1.27. The van der Waals surface area contributed by atoms with E-state index in [0.717, 1.165) is 49.2 Å². The molecule has 0 radical (unpaired) electrons. The molecule has 2 N–H and O–H groups in total. The van der Waals surface area contributed by atoms with Gasteiger partial charge in [0.25, 0.3) is 0 Å². The largest absolute Gasteiger partial charge is 0.385 e. The molecule has 2 aliphatic rings. The summed E-state index contributed by atoms with van der Waals surface area (Å²) < 4.78 is 29.5. The second-order valence-corrected chi connectivity index (χ2v) is 7.75. The quantitative estimate of drug-likeness (QED) is 0.901. The van der Waals surface area contributed by atoms with Crippen LogP contribution in [0.15, 0.2) is 18.2 Å². The monoisotopic (exact) mass is 309 g/mol. The van der Waals surface area contributed by atoms with Crippen molar-refractivity contribution in [3.63, 3.8) is 0 Å². The smallest absolute Gasteiger partial charge is 0.301 e. The molecule has 0 aliphatic carbocycles. The van der Waals surface area contributed by atoms with Crippen LogP contribution in [0, 0.1) is 5.92 Å². The summed E-state index contributed by atoms with van der Waals surface area (Å²) in [5.74, 6) is 0.432. The van der Waals surface area contributed by atoms with Gasteiger partial charge in [-0.1, -0.05) is 13.0 Å². The first kappa shape index (κ1) is 14.7. The molecule has 0 bridgehead atoms. The molecule has 1 saturated heterocycles. The van der Waals surface area contributed by atoms with Gasteiger partial charge >= 0.3 is 10.2 Å². The Morgan fingerprint density at radius 2 is 2.19 bits per heavy atom. The Labute approximate surface area is 126 Å². The first-order valence-corrected chi connectivity index (χ1v) is 9.14. The summed E-state index contributed by atoms with van der Waals surface area (Å²) in [6.45, 7) is 4.29. The minimum Gasteiger partial charge on any atom is -0.385 e. The van der Waals surface area contributed by atoms with Crippen LogP contribution in [-0.4, -0.2) is 32.4 Å². The number of hydrogen-bond donors (Lipinski definition) is 2. The van der Waals surface area contributed by atoms with Crippen molar-refractivity contribution in [2.75, 3.05) is 29.7 Å². The molecule has 5 nitrogen and oxygen atoms in total. The Morgan fingerprint density at radius 1 is 1.33 bits per heavy atom. The van der Waals surface area contributed by atoms with Gasteiger partial charge in [0.1, 0.15) is 0 Å². The summed E-state index contributed by atoms with van der Waals surface area (Å²) in [4.78, 5) is 0. The highest BCUT2D eigenvalue weighted by Gasteiger charge is 2.28. The van der Waals surface area contributed by atoms with Crippen molar-refractivity contribution < 1.29 is 8.42 Å². The van der Waals surface area contributed by atoms with Gasteiger partial charge in [0, 0.05) is 25.3 Å². The van der Waals surface area contributed by atoms with Crippen LogP contribution >= 0.6 is 0 Å². The van der Waals surface area contributed by atoms with E-state index < -0.39 is 10.2 Å². The average Bonchev–Trinajstić information content (AvgIpc) is 2.47. The van der Waals surface area contributed by atoms with E-state index in [1.54, 1.807) is 4.31 Å². The molecule has 116 valence electrons. The van der Waals surface area contributed by atoms with E-state index in [1.165, 1.54) is 0 Å². The van der Waals surface area contributed by atoms with Gasteiger partial charge in [0.2, 0.25) is 0 Å². The van der Waals surface area contributed by atoms with Crippen molar-refractivity contribution in [2.24, 2.45) is 5.92 Å². The first-order chi connectivity index (χ1) is 10.1. The third-order valence-electron chi connectivity index (χ3n) is 4.29. The summed E-state index contributed by atoms with van der Waals surface area (Å²) in [5, 5.41) is 3.33. The van der Waals surface area contributed by atoms with Crippen LogP contribution < -0.4 is 10.0 Å². The molecule has 1 aromatic carbocycles. The van der Waals surface area contributed by atoms with Crippen LogP contribution in [0.2, 0.25) is 0 Å². The zero-order chi connectivity index (χ0) is 14.9. The molecule has 21 heavy (non-hydrogen) atoms. The molecule has 1 aromatic rings. The maximum absolute atomic E-state index is 12.6. The predicted molar refractivity (Wildman–Crippen MR) is 85.8 cm³/mol. The maximum atomic E-state index is 12.6. The fourth-order valence-corrected chi connectivity index (χ4v) is 4.59. The zero-order valence-corrected chi connectivity index (χ0v) is 13.2. The van der Waals surface area contributed by atoms with E-state index in [0.29, 0.717) is 19.0 Å². The van der Waals surface area contributed by atoms with E-state index in [2.05, 4.69) is 17.0 Å². The molecule has 1 atom stereocenters. The van der Waals surface area contributed by atoms with E-state index in [9.17, 15) is 8.42 Å². The van der Waals surface area contributed by atoms with Crippen molar-refractivity contribution in [1.29, 1.82) is 0 Å². The van der Waals surface area contributed by atoms with Gasteiger partial charge in [0.15, 0.2) is 0 Å². The molecular weight excluding hydrogens is 286 g/mol. The Kier molecular flexibility index (Phi) is 4.08. The van der Waals surface area contributed by atoms with Crippen molar-refractivity contribution in [2.45, 2.75) is 32.6 Å². The van der Waals surface area contributed by atoms with Crippen LogP contribution in [0.4, 0.5) is 11.4 Å². The highest BCUT2D eigenvalue weighted by molar-refractivity contribution is 7.90. The molecule has 6 heteroatoms. The molecule has 2 aliphatic heterocycles. The number of nitrogens with one attached hydrogen (secondary N) is 2. The number of rotatable bonds is 3. The van der Waals surface area contributed by atoms with Gasteiger partial charge in [-0.2, -0.15) is 12.7 Å². The number of hydrogen-bond acceptors (Lipinski definition) is 3. The molecule has 3 rings (SSSR count). The fourth-order valence-electron chi connectivity index (χ4n) is 3.17. The van der Waals surface area contributed by atoms with Crippen LogP contribution in [0.5, 0.6) is 0 Å². The Bertz CT molecular complexity index is 615. The number of benzene rings is 1. The summed E-state index contributed by atoms with van der Waals surface area (Å²) in [6, 6.07) is 5.76. The van der Waals surface area contributed by atoms with Crippen LogP contribution in [0.3, 0.4) is 0 Å². The zero-order valence-electron chi connectivity index (χ0n) is 12.4. The SMILES string of the molecule is CC1CCCN(S(=O)(=O)Nc2cccc3c2CCCN3)C1. The number of fused-ring (bicyclic) bond motifs is 1. The van der Waals surface area contributed by atoms with E-state index >= 15 is 0 Å². The predicted octanol–water partition coefficient (Wildman–Crippen LogP) is 2.43. The van der Waals surface area contributed by atoms with Crippen LogP contribution in [0.25, 0.3) is 0 Å². The minimum atomic E-state index is -3.45. The normalized spacial score (nSPS) is 23.2. The van der Waals surface area contributed by atoms with Crippen LogP contribution in [-0.2, 0) is 16.6 Å². The molecule has 1 unspecified atom stereocenters. The number of nitrogens with zero attached hydrogens (tertiary/aromatic N) is 1. The van der Waals surface area contributed by atoms with Gasteiger partial charge < -0.3 is 5.32 Å². The van der Waals surface area contributed by atoms with Gasteiger partial charge in [-0.3, -0.25) is 4.72 Å². The molecule has 0 aromatic heterocycles. The highest BCUT2D eigenvalue weighted by Crippen LogP contribution is 2.30.